The molecule has 1 aromatic carbocycles. The van der Waals surface area contributed by atoms with E-state index < -0.39 is 17.3 Å². The Labute approximate surface area is 173 Å². The molecule has 4 rings (SSSR count). The van der Waals surface area contributed by atoms with Gasteiger partial charge in [-0.2, -0.15) is 0 Å². The maximum Gasteiger partial charge on any atom is 0.315 e. The lowest BCUT2D eigenvalue weighted by Gasteiger charge is -2.37. The molecule has 1 fully saturated rings. The number of carbonyl (C=O) groups excluding carboxylic acids is 1. The van der Waals surface area contributed by atoms with Crippen molar-refractivity contribution in [2.24, 2.45) is 0 Å². The molecule has 1 aromatic heterocycles. The van der Waals surface area contributed by atoms with Gasteiger partial charge >= 0.3 is 6.03 Å². The van der Waals surface area contributed by atoms with E-state index in [9.17, 15) is 4.79 Å². The van der Waals surface area contributed by atoms with Crippen molar-refractivity contribution < 1.29 is 14.0 Å². The maximum atomic E-state index is 12.8. The highest BCUT2D eigenvalue weighted by Crippen LogP contribution is 2.40. The predicted octanol–water partition coefficient (Wildman–Crippen LogP) is 4.31. The number of urea groups is 1. The maximum absolute atomic E-state index is 12.8. The van der Waals surface area contributed by atoms with Gasteiger partial charge in [0.1, 0.15) is 5.75 Å². The molecule has 0 saturated carbocycles. The van der Waals surface area contributed by atoms with Crippen LogP contribution in [0, 0.1) is 0 Å². The molecule has 1 atom stereocenters. The Hall–Kier alpha value is -1.43. The molecule has 6 nitrogen and oxygen atoms in total. The average molecular weight is 435 g/mol. The number of carbonyl (C=O) groups is 1. The number of nitrogens with one attached hydrogen (secondary N) is 1. The van der Waals surface area contributed by atoms with Crippen LogP contribution in [0.25, 0.3) is 10.2 Å². The number of fused-ring (bicyclic) bond motifs is 3. The van der Waals surface area contributed by atoms with Crippen molar-refractivity contribution in [1.82, 2.24) is 9.97 Å². The fourth-order valence-corrected chi connectivity index (χ4v) is 7.23. The molecule has 0 aliphatic carbocycles. The van der Waals surface area contributed by atoms with Crippen molar-refractivity contribution in [3.63, 3.8) is 0 Å². The standard InChI is InChI=1S/C19H28N3O3SSi2/c1-19(2,3)28(5,6)25-11-15-22(17(23)21-27(15)4)18-20-16-12-9-10-24-13(12)7-8-14(16)26-18/h7-8,15H,9-11H2,1-6H3,(H,21,23). The van der Waals surface area contributed by atoms with E-state index in [-0.39, 0.29) is 16.7 Å². The molecule has 1 radical (unpaired) electrons. The fourth-order valence-electron chi connectivity index (χ4n) is 3.33. The Balaban J connectivity index is 1.63. The van der Waals surface area contributed by atoms with Crippen LogP contribution in [0.5, 0.6) is 5.75 Å². The third kappa shape index (κ3) is 3.28. The molecule has 2 aliphatic rings. The lowest BCUT2D eigenvalue weighted by molar-refractivity contribution is 0.248. The Bertz CT molecular complexity index is 925. The molecular formula is C19H28N3O3SSi2. The lowest BCUT2D eigenvalue weighted by Crippen LogP contribution is -2.48. The zero-order valence-corrected chi connectivity index (χ0v) is 20.2. The molecule has 2 aromatic rings. The first-order chi connectivity index (χ1) is 13.1. The summed E-state index contributed by atoms with van der Waals surface area (Å²) in [6.07, 6.45) is 0.878. The summed E-state index contributed by atoms with van der Waals surface area (Å²) >= 11 is 1.58. The number of hydrogen-bond donors (Lipinski definition) is 1. The van der Waals surface area contributed by atoms with Gasteiger partial charge in [0, 0.05) is 12.0 Å². The van der Waals surface area contributed by atoms with E-state index in [0.29, 0.717) is 13.2 Å². The number of thiazole rings is 1. The van der Waals surface area contributed by atoms with Gasteiger partial charge in [0.05, 0.1) is 29.1 Å². The van der Waals surface area contributed by atoms with E-state index >= 15 is 0 Å². The van der Waals surface area contributed by atoms with Crippen LogP contribution in [0.15, 0.2) is 12.1 Å². The normalized spacial score (nSPS) is 20.6. The molecule has 2 aliphatic heterocycles. The summed E-state index contributed by atoms with van der Waals surface area (Å²) < 4.78 is 13.3. The third-order valence-electron chi connectivity index (χ3n) is 6.17. The van der Waals surface area contributed by atoms with Gasteiger partial charge in [-0.05, 0) is 30.3 Å². The van der Waals surface area contributed by atoms with E-state index in [0.717, 1.165) is 33.1 Å². The topological polar surface area (TPSA) is 63.7 Å². The fraction of sp³-hybridized carbons (Fsp3) is 0.579. The zero-order valence-electron chi connectivity index (χ0n) is 17.4. The Morgan fingerprint density at radius 1 is 1.43 bits per heavy atom. The van der Waals surface area contributed by atoms with E-state index in [1.54, 1.807) is 11.3 Å². The third-order valence-corrected chi connectivity index (χ3v) is 13.7. The summed E-state index contributed by atoms with van der Waals surface area (Å²) in [6, 6.07) is 4.02. The monoisotopic (exact) mass is 434 g/mol. The van der Waals surface area contributed by atoms with Crippen molar-refractivity contribution >= 4 is 50.0 Å². The lowest BCUT2D eigenvalue weighted by atomic mass is 10.1. The highest BCUT2D eigenvalue weighted by atomic mass is 32.1. The van der Waals surface area contributed by atoms with E-state index in [4.69, 9.17) is 14.1 Å². The molecule has 1 saturated heterocycles. The summed E-state index contributed by atoms with van der Waals surface area (Å²) in [7, 11) is -2.97. The van der Waals surface area contributed by atoms with E-state index in [1.807, 2.05) is 17.0 Å². The highest BCUT2D eigenvalue weighted by molar-refractivity contribution is 7.22. The molecule has 1 unspecified atom stereocenters. The van der Waals surface area contributed by atoms with Crippen LogP contribution in [0.4, 0.5) is 9.93 Å². The van der Waals surface area contributed by atoms with Crippen LogP contribution in [-0.4, -0.2) is 47.2 Å². The summed E-state index contributed by atoms with van der Waals surface area (Å²) in [6.45, 7) is 14.6. The van der Waals surface area contributed by atoms with Crippen LogP contribution in [0.2, 0.25) is 24.7 Å². The SMILES string of the molecule is C[Si]1NC(=O)N(c2nc3c4c(ccc3s2)OCC4)C1CO[Si](C)(C)C(C)(C)C. The van der Waals surface area contributed by atoms with Gasteiger partial charge in [-0.25, -0.2) is 9.78 Å². The number of hydrogen-bond acceptors (Lipinski definition) is 5. The second-order valence-corrected chi connectivity index (χ2v) is 17.2. The molecule has 3 heterocycles. The first-order valence-corrected chi connectivity index (χ1v) is 15.5. The van der Waals surface area contributed by atoms with E-state index in [2.05, 4.69) is 45.4 Å². The van der Waals surface area contributed by atoms with Gasteiger partial charge in [0.25, 0.3) is 0 Å². The highest BCUT2D eigenvalue weighted by Gasteiger charge is 2.44. The summed E-state index contributed by atoms with van der Waals surface area (Å²) in [4.78, 5) is 22.6. The van der Waals surface area contributed by atoms with Gasteiger partial charge in [0.15, 0.2) is 22.4 Å². The quantitative estimate of drug-likeness (QED) is 0.728. The molecule has 9 heteroatoms. The zero-order chi connectivity index (χ0) is 20.3. The molecular weight excluding hydrogens is 406 g/mol. The van der Waals surface area contributed by atoms with Crippen molar-refractivity contribution in [2.75, 3.05) is 18.1 Å². The average Bonchev–Trinajstić information content (AvgIpc) is 3.27. The molecule has 151 valence electrons. The van der Waals surface area contributed by atoms with Gasteiger partial charge in [-0.15, -0.1) is 0 Å². The van der Waals surface area contributed by atoms with Crippen LogP contribution in [-0.2, 0) is 10.8 Å². The number of rotatable bonds is 4. The molecule has 1 N–H and O–H groups in total. The number of benzene rings is 1. The minimum atomic E-state index is -1.88. The molecule has 0 bridgehead atoms. The Morgan fingerprint density at radius 2 is 2.18 bits per heavy atom. The first kappa shape index (κ1) is 19.9. The van der Waals surface area contributed by atoms with Gasteiger partial charge in [-0.1, -0.05) is 38.7 Å². The van der Waals surface area contributed by atoms with Gasteiger partial charge in [0.2, 0.25) is 0 Å². The molecule has 0 spiro atoms. The van der Waals surface area contributed by atoms with Crippen LogP contribution in [0.1, 0.15) is 26.3 Å². The smallest absolute Gasteiger partial charge is 0.315 e. The van der Waals surface area contributed by atoms with Crippen molar-refractivity contribution in [1.29, 1.82) is 0 Å². The number of anilines is 1. The van der Waals surface area contributed by atoms with Crippen molar-refractivity contribution in [2.45, 2.75) is 57.5 Å². The van der Waals surface area contributed by atoms with Crippen LogP contribution < -0.4 is 14.6 Å². The van der Waals surface area contributed by atoms with Gasteiger partial charge < -0.3 is 14.1 Å². The van der Waals surface area contributed by atoms with E-state index in [1.165, 1.54) is 0 Å². The van der Waals surface area contributed by atoms with Crippen LogP contribution in [0.3, 0.4) is 0 Å². The van der Waals surface area contributed by atoms with Crippen molar-refractivity contribution in [3.05, 3.63) is 17.7 Å². The summed E-state index contributed by atoms with van der Waals surface area (Å²) in [5, 5.41) is 0.906. The number of aromatic nitrogens is 1. The van der Waals surface area contributed by atoms with Gasteiger partial charge in [-0.3, -0.25) is 4.90 Å². The predicted molar refractivity (Wildman–Crippen MR) is 118 cm³/mol. The molecule has 28 heavy (non-hydrogen) atoms. The second kappa shape index (κ2) is 6.82. The van der Waals surface area contributed by atoms with Crippen LogP contribution >= 0.6 is 11.3 Å². The largest absolute Gasteiger partial charge is 0.493 e. The number of nitrogens with zero attached hydrogens (tertiary/aromatic N) is 2. The molecule has 2 amide bonds. The Morgan fingerprint density at radius 3 is 2.89 bits per heavy atom. The number of ether oxygens (including phenoxy) is 1. The summed E-state index contributed by atoms with van der Waals surface area (Å²) in [5.41, 5.74) is 2.18. The number of amides is 2. The second-order valence-electron chi connectivity index (χ2n) is 9.05. The first-order valence-electron chi connectivity index (χ1n) is 9.71. The summed E-state index contributed by atoms with van der Waals surface area (Å²) in [5.74, 6) is 0.924. The van der Waals surface area contributed by atoms with Crippen molar-refractivity contribution in [3.8, 4) is 5.75 Å². The minimum absolute atomic E-state index is 0.0384. The minimum Gasteiger partial charge on any atom is -0.493 e. The Kier molecular flexibility index (Phi) is 4.84.